The fraction of sp³-hybridized carbons (Fsp3) is 0.222. The van der Waals surface area contributed by atoms with E-state index in [1.165, 1.54) is 29.0 Å². The van der Waals surface area contributed by atoms with Crippen molar-refractivity contribution in [3.8, 4) is 0 Å². The lowest BCUT2D eigenvalue weighted by Crippen LogP contribution is -2.43. The number of rotatable bonds is 6. The molecule has 2 heterocycles. The molecule has 0 spiro atoms. The minimum Gasteiger partial charge on any atom is -0.389 e. The standard InChI is InChI=1S/C18H17N3O5/c22-12(10-20-8-4-3-7-16(20)24)9-19-15(23)11-21-17(25)13-5-1-2-6-14(13)18(21)26/h1-8,12,22H,9-11H2,(H,19,23). The maximum Gasteiger partial charge on any atom is 0.262 e. The highest BCUT2D eigenvalue weighted by atomic mass is 16.3. The topological polar surface area (TPSA) is 109 Å². The first-order valence-corrected chi connectivity index (χ1v) is 8.03. The van der Waals surface area contributed by atoms with Crippen molar-refractivity contribution in [3.05, 3.63) is 70.1 Å². The Balaban J connectivity index is 1.54. The minimum atomic E-state index is -0.985. The number of pyridine rings is 1. The summed E-state index contributed by atoms with van der Waals surface area (Å²) in [5.41, 5.74) is 0.284. The van der Waals surface area contributed by atoms with E-state index in [0.717, 1.165) is 4.90 Å². The number of amides is 3. The lowest BCUT2D eigenvalue weighted by atomic mass is 10.1. The van der Waals surface area contributed by atoms with Crippen LogP contribution in [0.25, 0.3) is 0 Å². The van der Waals surface area contributed by atoms with Crippen LogP contribution >= 0.6 is 0 Å². The van der Waals surface area contributed by atoms with E-state index < -0.39 is 30.4 Å². The first kappa shape index (κ1) is 17.6. The number of aliphatic hydroxyl groups is 1. The number of aliphatic hydroxyl groups excluding tert-OH is 1. The largest absolute Gasteiger partial charge is 0.389 e. The van der Waals surface area contributed by atoms with Crippen molar-refractivity contribution in [1.82, 2.24) is 14.8 Å². The molecule has 0 fully saturated rings. The molecule has 0 aliphatic carbocycles. The van der Waals surface area contributed by atoms with Crippen LogP contribution in [0.5, 0.6) is 0 Å². The Bertz CT molecular complexity index is 886. The SMILES string of the molecule is O=C(CN1C(=O)c2ccccc2C1=O)NCC(O)Cn1ccccc1=O. The molecule has 1 aliphatic rings. The molecule has 0 saturated heterocycles. The quantitative estimate of drug-likeness (QED) is 0.687. The smallest absolute Gasteiger partial charge is 0.262 e. The van der Waals surface area contributed by atoms with Gasteiger partial charge in [0.2, 0.25) is 5.91 Å². The molecule has 1 aromatic heterocycles. The van der Waals surface area contributed by atoms with Crippen molar-refractivity contribution in [1.29, 1.82) is 0 Å². The fourth-order valence-electron chi connectivity index (χ4n) is 2.72. The van der Waals surface area contributed by atoms with Crippen LogP contribution in [-0.2, 0) is 11.3 Å². The Labute approximate surface area is 148 Å². The molecule has 26 heavy (non-hydrogen) atoms. The summed E-state index contributed by atoms with van der Waals surface area (Å²) in [4.78, 5) is 48.9. The molecular formula is C18H17N3O5. The summed E-state index contributed by atoms with van der Waals surface area (Å²) in [6, 6.07) is 11.0. The number of imide groups is 1. The second kappa shape index (κ2) is 7.32. The highest BCUT2D eigenvalue weighted by Gasteiger charge is 2.36. The molecule has 8 heteroatoms. The van der Waals surface area contributed by atoms with Gasteiger partial charge in [0.1, 0.15) is 6.54 Å². The second-order valence-electron chi connectivity index (χ2n) is 5.89. The predicted molar refractivity (Wildman–Crippen MR) is 91.5 cm³/mol. The van der Waals surface area contributed by atoms with Crippen LogP contribution in [0.1, 0.15) is 20.7 Å². The number of aromatic nitrogens is 1. The highest BCUT2D eigenvalue weighted by molar-refractivity contribution is 6.22. The lowest BCUT2D eigenvalue weighted by Gasteiger charge is -2.16. The van der Waals surface area contributed by atoms with E-state index in [2.05, 4.69) is 5.32 Å². The monoisotopic (exact) mass is 355 g/mol. The molecule has 1 aliphatic heterocycles. The zero-order chi connectivity index (χ0) is 18.7. The summed E-state index contributed by atoms with van der Waals surface area (Å²) < 4.78 is 1.32. The summed E-state index contributed by atoms with van der Waals surface area (Å²) >= 11 is 0. The minimum absolute atomic E-state index is 0.0208. The summed E-state index contributed by atoms with van der Waals surface area (Å²) in [5, 5.41) is 12.4. The number of carbonyl (C=O) groups is 3. The second-order valence-corrected chi connectivity index (χ2v) is 5.89. The molecule has 134 valence electrons. The van der Waals surface area contributed by atoms with Gasteiger partial charge in [0.05, 0.1) is 23.8 Å². The zero-order valence-corrected chi connectivity index (χ0v) is 13.8. The van der Waals surface area contributed by atoms with Crippen LogP contribution < -0.4 is 10.9 Å². The molecule has 3 amide bonds. The van der Waals surface area contributed by atoms with Gasteiger partial charge in [0, 0.05) is 18.8 Å². The maximum absolute atomic E-state index is 12.2. The van der Waals surface area contributed by atoms with Gasteiger partial charge in [-0.15, -0.1) is 0 Å². The Hall–Kier alpha value is -3.26. The molecule has 2 aromatic rings. The number of hydrogen-bond acceptors (Lipinski definition) is 5. The van der Waals surface area contributed by atoms with Crippen molar-refractivity contribution in [3.63, 3.8) is 0 Å². The van der Waals surface area contributed by atoms with Gasteiger partial charge in [0.15, 0.2) is 0 Å². The summed E-state index contributed by atoms with van der Waals surface area (Å²) in [6.07, 6.45) is 0.549. The average Bonchev–Trinajstić information content (AvgIpc) is 2.87. The Morgan fingerprint density at radius 1 is 1.00 bits per heavy atom. The number of fused-ring (bicyclic) bond motifs is 1. The zero-order valence-electron chi connectivity index (χ0n) is 13.8. The van der Waals surface area contributed by atoms with Gasteiger partial charge in [0.25, 0.3) is 17.4 Å². The molecular weight excluding hydrogens is 338 g/mol. The van der Waals surface area contributed by atoms with Gasteiger partial charge in [-0.2, -0.15) is 0 Å². The third-order valence-electron chi connectivity index (χ3n) is 4.02. The number of benzene rings is 1. The normalized spacial score (nSPS) is 14.3. The van der Waals surface area contributed by atoms with Crippen LogP contribution in [-0.4, -0.2) is 51.5 Å². The summed E-state index contributed by atoms with van der Waals surface area (Å²) in [6.45, 7) is -0.513. The van der Waals surface area contributed by atoms with Gasteiger partial charge in [-0.1, -0.05) is 18.2 Å². The third kappa shape index (κ3) is 3.55. The molecule has 0 saturated carbocycles. The summed E-state index contributed by atoms with van der Waals surface area (Å²) in [5.74, 6) is -1.60. The van der Waals surface area contributed by atoms with Crippen molar-refractivity contribution >= 4 is 17.7 Å². The first-order chi connectivity index (χ1) is 12.5. The molecule has 0 bridgehead atoms. The van der Waals surface area contributed by atoms with E-state index in [-0.39, 0.29) is 29.8 Å². The number of nitrogens with one attached hydrogen (secondary N) is 1. The van der Waals surface area contributed by atoms with Gasteiger partial charge < -0.3 is 15.0 Å². The van der Waals surface area contributed by atoms with Crippen LogP contribution in [0, 0.1) is 0 Å². The average molecular weight is 355 g/mol. The van der Waals surface area contributed by atoms with Crippen molar-refractivity contribution in [2.24, 2.45) is 0 Å². The van der Waals surface area contributed by atoms with E-state index in [1.807, 2.05) is 0 Å². The van der Waals surface area contributed by atoms with Crippen LogP contribution in [0.2, 0.25) is 0 Å². The fourth-order valence-corrected chi connectivity index (χ4v) is 2.72. The summed E-state index contributed by atoms with van der Waals surface area (Å²) in [7, 11) is 0. The molecule has 3 rings (SSSR count). The van der Waals surface area contributed by atoms with Crippen LogP contribution in [0.4, 0.5) is 0 Å². The number of carbonyl (C=O) groups excluding carboxylic acids is 3. The van der Waals surface area contributed by atoms with E-state index in [9.17, 15) is 24.3 Å². The van der Waals surface area contributed by atoms with Crippen molar-refractivity contribution in [2.75, 3.05) is 13.1 Å². The van der Waals surface area contributed by atoms with Gasteiger partial charge in [-0.05, 0) is 18.2 Å². The van der Waals surface area contributed by atoms with Crippen LogP contribution in [0.3, 0.4) is 0 Å². The van der Waals surface area contributed by atoms with E-state index in [1.54, 1.807) is 24.3 Å². The Kier molecular flexibility index (Phi) is 4.94. The predicted octanol–water partition coefficient (Wildman–Crippen LogP) is -0.378. The van der Waals surface area contributed by atoms with E-state index >= 15 is 0 Å². The Morgan fingerprint density at radius 3 is 2.23 bits per heavy atom. The van der Waals surface area contributed by atoms with Crippen molar-refractivity contribution in [2.45, 2.75) is 12.6 Å². The van der Waals surface area contributed by atoms with Crippen LogP contribution in [0.15, 0.2) is 53.5 Å². The van der Waals surface area contributed by atoms with Gasteiger partial charge >= 0.3 is 0 Å². The van der Waals surface area contributed by atoms with Gasteiger partial charge in [-0.25, -0.2) is 0 Å². The highest BCUT2D eigenvalue weighted by Crippen LogP contribution is 2.21. The number of nitrogens with zero attached hydrogens (tertiary/aromatic N) is 2. The van der Waals surface area contributed by atoms with Crippen molar-refractivity contribution < 1.29 is 19.5 Å². The lowest BCUT2D eigenvalue weighted by molar-refractivity contribution is -0.121. The molecule has 1 aromatic carbocycles. The van der Waals surface area contributed by atoms with E-state index in [4.69, 9.17) is 0 Å². The first-order valence-electron chi connectivity index (χ1n) is 8.03. The maximum atomic E-state index is 12.2. The van der Waals surface area contributed by atoms with E-state index in [0.29, 0.717) is 0 Å². The number of hydrogen-bond donors (Lipinski definition) is 2. The Morgan fingerprint density at radius 2 is 1.62 bits per heavy atom. The van der Waals surface area contributed by atoms with Gasteiger partial charge in [-0.3, -0.25) is 24.1 Å². The molecule has 8 nitrogen and oxygen atoms in total. The molecule has 1 unspecified atom stereocenters. The molecule has 0 radical (unpaired) electrons. The third-order valence-corrected chi connectivity index (χ3v) is 4.02. The molecule has 1 atom stereocenters. The molecule has 2 N–H and O–H groups in total.